The number of nitrogens with zero attached hydrogens (tertiary/aromatic N) is 1. The van der Waals surface area contributed by atoms with E-state index in [4.69, 9.17) is 5.26 Å². The molecule has 0 aliphatic carbocycles. The molecule has 0 amide bonds. The number of hydrogen-bond donors (Lipinski definition) is 0. The van der Waals surface area contributed by atoms with Gasteiger partial charge in [0, 0.05) is 13.3 Å². The fourth-order valence-electron chi connectivity index (χ4n) is 1.39. The van der Waals surface area contributed by atoms with Gasteiger partial charge in [-0.3, -0.25) is 9.59 Å². The van der Waals surface area contributed by atoms with Crippen LogP contribution >= 0.6 is 0 Å². The number of carbonyl (C=O) groups excluding carboxylic acids is 2. The van der Waals surface area contributed by atoms with Gasteiger partial charge in [-0.05, 0) is 30.5 Å². The summed E-state index contributed by atoms with van der Waals surface area (Å²) in [6, 6.07) is 9.23. The van der Waals surface area contributed by atoms with Crippen LogP contribution in [0.4, 0.5) is 0 Å². The van der Waals surface area contributed by atoms with Gasteiger partial charge in [-0.2, -0.15) is 5.26 Å². The molecular formula is C13H13NO3. The lowest BCUT2D eigenvalue weighted by Gasteiger charge is -2.01. The van der Waals surface area contributed by atoms with Crippen LogP contribution in [0.25, 0.3) is 0 Å². The smallest absolute Gasteiger partial charge is 0.313 e. The van der Waals surface area contributed by atoms with Crippen molar-refractivity contribution in [2.75, 3.05) is 0 Å². The lowest BCUT2D eigenvalue weighted by molar-refractivity contribution is -0.158. The molecular weight excluding hydrogens is 218 g/mol. The summed E-state index contributed by atoms with van der Waals surface area (Å²) in [5, 5.41) is 8.62. The van der Waals surface area contributed by atoms with Crippen molar-refractivity contribution >= 4 is 11.9 Å². The second-order valence-corrected chi connectivity index (χ2v) is 3.63. The Morgan fingerprint density at radius 1 is 1.29 bits per heavy atom. The Labute approximate surface area is 99.8 Å². The minimum absolute atomic E-state index is 0.222. The molecule has 0 fully saturated rings. The first kappa shape index (κ1) is 12.9. The standard InChI is InChI=1S/C13H13NO3/c1-10(15)17-13(16)4-2-3-11-5-7-12(9-14)8-6-11/h5-8H,2-4H2,1H3. The van der Waals surface area contributed by atoms with Gasteiger partial charge in [0.1, 0.15) is 0 Å². The highest BCUT2D eigenvalue weighted by Crippen LogP contribution is 2.07. The minimum atomic E-state index is -0.576. The Morgan fingerprint density at radius 2 is 1.94 bits per heavy atom. The first-order valence-electron chi connectivity index (χ1n) is 5.32. The Balaban J connectivity index is 2.33. The Kier molecular flexibility index (Phi) is 4.89. The molecule has 1 aromatic carbocycles. The van der Waals surface area contributed by atoms with E-state index in [1.165, 1.54) is 6.92 Å². The van der Waals surface area contributed by atoms with Gasteiger partial charge in [-0.25, -0.2) is 0 Å². The summed E-state index contributed by atoms with van der Waals surface area (Å²) in [4.78, 5) is 21.5. The largest absolute Gasteiger partial charge is 0.393 e. The molecule has 0 aliphatic heterocycles. The van der Waals surface area contributed by atoms with Gasteiger partial charge < -0.3 is 4.74 Å². The van der Waals surface area contributed by atoms with Crippen LogP contribution in [-0.2, 0) is 20.7 Å². The number of benzene rings is 1. The van der Waals surface area contributed by atoms with Crippen LogP contribution in [-0.4, -0.2) is 11.9 Å². The van der Waals surface area contributed by atoms with Crippen LogP contribution in [0.1, 0.15) is 30.9 Å². The number of esters is 2. The lowest BCUT2D eigenvalue weighted by atomic mass is 10.1. The van der Waals surface area contributed by atoms with Crippen molar-refractivity contribution in [2.24, 2.45) is 0 Å². The quantitative estimate of drug-likeness (QED) is 0.587. The molecule has 0 aliphatic rings. The maximum Gasteiger partial charge on any atom is 0.313 e. The highest BCUT2D eigenvalue weighted by molar-refractivity contribution is 5.83. The molecule has 0 atom stereocenters. The molecule has 17 heavy (non-hydrogen) atoms. The molecule has 0 saturated heterocycles. The second-order valence-electron chi connectivity index (χ2n) is 3.63. The Hall–Kier alpha value is -2.15. The van der Waals surface area contributed by atoms with Crippen molar-refractivity contribution in [2.45, 2.75) is 26.2 Å². The van der Waals surface area contributed by atoms with Gasteiger partial charge in [-0.15, -0.1) is 0 Å². The first-order chi connectivity index (χ1) is 8.11. The summed E-state index contributed by atoms with van der Waals surface area (Å²) in [5.74, 6) is -1.07. The molecule has 0 unspecified atom stereocenters. The van der Waals surface area contributed by atoms with E-state index in [9.17, 15) is 9.59 Å². The first-order valence-corrected chi connectivity index (χ1v) is 5.32. The van der Waals surface area contributed by atoms with E-state index in [-0.39, 0.29) is 6.42 Å². The van der Waals surface area contributed by atoms with Gasteiger partial charge in [0.2, 0.25) is 0 Å². The van der Waals surface area contributed by atoms with Crippen LogP contribution in [0.3, 0.4) is 0 Å². The topological polar surface area (TPSA) is 67.2 Å². The summed E-state index contributed by atoms with van der Waals surface area (Å²) >= 11 is 0. The third-order valence-electron chi connectivity index (χ3n) is 2.19. The SMILES string of the molecule is CC(=O)OC(=O)CCCc1ccc(C#N)cc1. The van der Waals surface area contributed by atoms with Gasteiger partial charge >= 0.3 is 11.9 Å². The van der Waals surface area contributed by atoms with Crippen LogP contribution in [0.5, 0.6) is 0 Å². The van der Waals surface area contributed by atoms with Crippen LogP contribution in [0, 0.1) is 11.3 Å². The fraction of sp³-hybridized carbons (Fsp3) is 0.308. The molecule has 4 heteroatoms. The van der Waals surface area contributed by atoms with E-state index in [1.54, 1.807) is 12.1 Å². The average Bonchev–Trinajstić information content (AvgIpc) is 2.29. The fourth-order valence-corrected chi connectivity index (χ4v) is 1.39. The van der Waals surface area contributed by atoms with Crippen molar-refractivity contribution in [3.05, 3.63) is 35.4 Å². The van der Waals surface area contributed by atoms with Crippen LogP contribution < -0.4 is 0 Å². The number of hydrogen-bond acceptors (Lipinski definition) is 4. The number of carbonyl (C=O) groups is 2. The van der Waals surface area contributed by atoms with Crippen molar-refractivity contribution in [3.63, 3.8) is 0 Å². The molecule has 4 nitrogen and oxygen atoms in total. The van der Waals surface area contributed by atoms with Crippen LogP contribution in [0.2, 0.25) is 0 Å². The zero-order valence-corrected chi connectivity index (χ0v) is 9.60. The number of ether oxygens (including phenoxy) is 1. The van der Waals surface area contributed by atoms with Crippen molar-refractivity contribution in [3.8, 4) is 6.07 Å². The summed E-state index contributed by atoms with van der Waals surface area (Å²) in [6.07, 6.45) is 1.57. The zero-order chi connectivity index (χ0) is 12.7. The zero-order valence-electron chi connectivity index (χ0n) is 9.60. The van der Waals surface area contributed by atoms with Gasteiger partial charge in [0.05, 0.1) is 11.6 Å². The van der Waals surface area contributed by atoms with E-state index in [0.717, 1.165) is 12.0 Å². The van der Waals surface area contributed by atoms with Gasteiger partial charge in [0.15, 0.2) is 0 Å². The Bertz CT molecular complexity index is 443. The minimum Gasteiger partial charge on any atom is -0.393 e. The highest BCUT2D eigenvalue weighted by Gasteiger charge is 2.05. The summed E-state index contributed by atoms with van der Waals surface area (Å²) in [5.41, 5.74) is 1.67. The number of aryl methyl sites for hydroxylation is 1. The highest BCUT2D eigenvalue weighted by atomic mass is 16.6. The van der Waals surface area contributed by atoms with E-state index < -0.39 is 11.9 Å². The van der Waals surface area contributed by atoms with E-state index in [0.29, 0.717) is 12.0 Å². The monoisotopic (exact) mass is 231 g/mol. The molecule has 0 heterocycles. The van der Waals surface area contributed by atoms with Gasteiger partial charge in [-0.1, -0.05) is 12.1 Å². The molecule has 0 aromatic heterocycles. The molecule has 0 N–H and O–H groups in total. The van der Waals surface area contributed by atoms with Gasteiger partial charge in [0.25, 0.3) is 0 Å². The van der Waals surface area contributed by atoms with E-state index >= 15 is 0 Å². The number of nitriles is 1. The third kappa shape index (κ3) is 4.94. The molecule has 0 spiro atoms. The number of rotatable bonds is 4. The van der Waals surface area contributed by atoms with E-state index in [1.807, 2.05) is 18.2 Å². The normalized spacial score (nSPS) is 9.41. The molecule has 1 aromatic rings. The lowest BCUT2D eigenvalue weighted by Crippen LogP contribution is -2.08. The predicted molar refractivity (Wildman–Crippen MR) is 60.9 cm³/mol. The summed E-state index contributed by atoms with van der Waals surface area (Å²) in [7, 11) is 0. The molecule has 1 rings (SSSR count). The van der Waals surface area contributed by atoms with Crippen molar-refractivity contribution in [1.82, 2.24) is 0 Å². The van der Waals surface area contributed by atoms with Crippen LogP contribution in [0.15, 0.2) is 24.3 Å². The molecule has 0 radical (unpaired) electrons. The third-order valence-corrected chi connectivity index (χ3v) is 2.19. The molecule has 88 valence electrons. The maximum atomic E-state index is 11.1. The van der Waals surface area contributed by atoms with E-state index in [2.05, 4.69) is 4.74 Å². The predicted octanol–water partition coefficient (Wildman–Crippen LogP) is 1.97. The molecule has 0 bridgehead atoms. The van der Waals surface area contributed by atoms with Crippen molar-refractivity contribution < 1.29 is 14.3 Å². The Morgan fingerprint density at radius 3 is 2.47 bits per heavy atom. The average molecular weight is 231 g/mol. The summed E-state index contributed by atoms with van der Waals surface area (Å²) in [6.45, 7) is 1.21. The summed E-state index contributed by atoms with van der Waals surface area (Å²) < 4.78 is 4.40. The van der Waals surface area contributed by atoms with Crippen molar-refractivity contribution in [1.29, 1.82) is 5.26 Å². The second kappa shape index (κ2) is 6.44. The maximum absolute atomic E-state index is 11.1. The molecule has 0 saturated carbocycles.